The van der Waals surface area contributed by atoms with E-state index in [0.29, 0.717) is 0 Å². The summed E-state index contributed by atoms with van der Waals surface area (Å²) in [5.74, 6) is 6.52. The van der Waals surface area contributed by atoms with Crippen molar-refractivity contribution in [2.24, 2.45) is 0 Å². The number of aromatic nitrogens is 1. The van der Waals surface area contributed by atoms with E-state index in [1.54, 1.807) is 0 Å². The highest BCUT2D eigenvalue weighted by molar-refractivity contribution is 9.10. The van der Waals surface area contributed by atoms with E-state index in [-0.39, 0.29) is 0 Å². The monoisotopic (exact) mass is 469 g/mol. The summed E-state index contributed by atoms with van der Waals surface area (Å²) < 4.78 is 1.12. The fraction of sp³-hybridized carbons (Fsp3) is 0.235. The third-order valence-electron chi connectivity index (χ3n) is 3.27. The summed E-state index contributed by atoms with van der Waals surface area (Å²) in [5, 5.41) is 1.47. The minimum atomic E-state index is 0.735. The van der Waals surface area contributed by atoms with E-state index >= 15 is 0 Å². The molecule has 0 amide bonds. The Hall–Kier alpha value is -0.630. The summed E-state index contributed by atoms with van der Waals surface area (Å²) in [5.41, 5.74) is 6.51. The average molecular weight is 472 g/mol. The molecule has 1 heterocycles. The lowest BCUT2D eigenvalue weighted by molar-refractivity contribution is 1.10. The highest BCUT2D eigenvalue weighted by Crippen LogP contribution is 2.22. The summed E-state index contributed by atoms with van der Waals surface area (Å²) in [6.45, 7) is 4.20. The van der Waals surface area contributed by atoms with Gasteiger partial charge in [0.05, 0.1) is 11.4 Å². The molecular formula is C17H14Br3N. The smallest absolute Gasteiger partial charge is 0.0525 e. The third-order valence-corrected chi connectivity index (χ3v) is 5.28. The number of hydrogen-bond acceptors (Lipinski definition) is 1. The summed E-state index contributed by atoms with van der Waals surface area (Å²) >= 11 is 10.4. The number of alkyl halides is 2. The lowest BCUT2D eigenvalue weighted by Crippen LogP contribution is -1.93. The Morgan fingerprint density at radius 2 is 1.57 bits per heavy atom. The van der Waals surface area contributed by atoms with Crippen molar-refractivity contribution < 1.29 is 0 Å². The van der Waals surface area contributed by atoms with Gasteiger partial charge in [0.15, 0.2) is 0 Å². The molecule has 0 saturated heterocycles. The van der Waals surface area contributed by atoms with Gasteiger partial charge in [-0.2, -0.15) is 0 Å². The highest BCUT2D eigenvalue weighted by atomic mass is 79.9. The largest absolute Gasteiger partial charge is 0.256 e. The number of hydrogen-bond donors (Lipinski definition) is 0. The van der Waals surface area contributed by atoms with E-state index in [9.17, 15) is 0 Å². The zero-order chi connectivity index (χ0) is 15.4. The highest BCUT2D eigenvalue weighted by Gasteiger charge is 2.03. The molecule has 0 N–H and O–H groups in total. The quantitative estimate of drug-likeness (QED) is 0.407. The molecule has 1 aromatic carbocycles. The van der Waals surface area contributed by atoms with E-state index in [1.165, 1.54) is 11.1 Å². The second kappa shape index (κ2) is 7.58. The van der Waals surface area contributed by atoms with Crippen molar-refractivity contribution in [3.05, 3.63) is 62.4 Å². The summed E-state index contributed by atoms with van der Waals surface area (Å²) in [6.07, 6.45) is 0. The maximum absolute atomic E-state index is 4.50. The van der Waals surface area contributed by atoms with Crippen LogP contribution in [-0.2, 0) is 10.7 Å². The van der Waals surface area contributed by atoms with Crippen molar-refractivity contribution in [3.63, 3.8) is 0 Å². The average Bonchev–Trinajstić information content (AvgIpc) is 2.51. The summed E-state index contributed by atoms with van der Waals surface area (Å²) in [7, 11) is 0. The molecule has 0 spiro atoms. The Morgan fingerprint density at radius 1 is 0.952 bits per heavy atom. The van der Waals surface area contributed by atoms with Gasteiger partial charge < -0.3 is 0 Å². The van der Waals surface area contributed by atoms with Gasteiger partial charge in [0, 0.05) is 26.3 Å². The first-order valence-electron chi connectivity index (χ1n) is 6.44. The summed E-state index contributed by atoms with van der Waals surface area (Å²) in [4.78, 5) is 4.50. The Kier molecular flexibility index (Phi) is 6.04. The number of nitrogens with zero attached hydrogens (tertiary/aromatic N) is 1. The molecule has 4 heteroatoms. The van der Waals surface area contributed by atoms with Crippen LogP contribution in [0.3, 0.4) is 0 Å². The molecule has 0 fully saturated rings. The van der Waals surface area contributed by atoms with Gasteiger partial charge in [-0.25, -0.2) is 0 Å². The first kappa shape index (κ1) is 16.7. The molecule has 0 aliphatic carbocycles. The van der Waals surface area contributed by atoms with Crippen molar-refractivity contribution in [1.82, 2.24) is 4.98 Å². The molecule has 108 valence electrons. The molecule has 0 radical (unpaired) electrons. The molecule has 21 heavy (non-hydrogen) atoms. The van der Waals surface area contributed by atoms with Crippen molar-refractivity contribution >= 4 is 47.8 Å². The van der Waals surface area contributed by atoms with Crippen LogP contribution in [0.2, 0.25) is 0 Å². The molecular weight excluding hydrogens is 458 g/mol. The van der Waals surface area contributed by atoms with E-state index in [2.05, 4.69) is 84.5 Å². The molecule has 0 saturated carbocycles. The predicted molar refractivity (Wildman–Crippen MR) is 99.1 cm³/mol. The van der Waals surface area contributed by atoms with Crippen molar-refractivity contribution in [3.8, 4) is 11.8 Å². The van der Waals surface area contributed by atoms with Crippen LogP contribution < -0.4 is 0 Å². The lowest BCUT2D eigenvalue weighted by atomic mass is 10.0. The Bertz CT molecular complexity index is 705. The third kappa shape index (κ3) is 4.18. The van der Waals surface area contributed by atoms with Crippen LogP contribution in [0.1, 0.15) is 33.6 Å². The molecule has 1 aromatic heterocycles. The van der Waals surface area contributed by atoms with Crippen molar-refractivity contribution in [1.29, 1.82) is 0 Å². The maximum atomic E-state index is 4.50. The molecule has 2 rings (SSSR count). The SMILES string of the molecule is Cc1c(Br)ccc(C#Cc2cc(CBr)nc(CBr)c2)c1C. The first-order chi connectivity index (χ1) is 10.0. The van der Waals surface area contributed by atoms with Gasteiger partial charge in [0.1, 0.15) is 0 Å². The van der Waals surface area contributed by atoms with Crippen LogP contribution in [0.25, 0.3) is 0 Å². The van der Waals surface area contributed by atoms with Gasteiger partial charge in [-0.15, -0.1) is 0 Å². The summed E-state index contributed by atoms with van der Waals surface area (Å²) in [6, 6.07) is 8.15. The molecule has 0 bridgehead atoms. The molecule has 0 unspecified atom stereocenters. The van der Waals surface area contributed by atoms with Gasteiger partial charge in [0.25, 0.3) is 0 Å². The van der Waals surface area contributed by atoms with E-state index in [4.69, 9.17) is 0 Å². The normalized spacial score (nSPS) is 10.1. The fourth-order valence-corrected chi connectivity index (χ4v) is 2.93. The second-order valence-electron chi connectivity index (χ2n) is 4.70. The van der Waals surface area contributed by atoms with Crippen LogP contribution in [0, 0.1) is 25.7 Å². The second-order valence-corrected chi connectivity index (χ2v) is 6.68. The van der Waals surface area contributed by atoms with Crippen LogP contribution in [0.4, 0.5) is 0 Å². The zero-order valence-electron chi connectivity index (χ0n) is 11.8. The molecule has 0 aliphatic heterocycles. The standard InChI is InChI=1S/C17H14Br3N/c1-11-12(2)17(20)6-5-14(11)4-3-13-7-15(9-18)21-16(8-13)10-19/h5-8H,9-10H2,1-2H3. The van der Waals surface area contributed by atoms with Gasteiger partial charge >= 0.3 is 0 Å². The molecule has 0 aliphatic rings. The van der Waals surface area contributed by atoms with Crippen LogP contribution in [0.15, 0.2) is 28.7 Å². The number of pyridine rings is 1. The van der Waals surface area contributed by atoms with Gasteiger partial charge in [-0.1, -0.05) is 59.6 Å². The number of benzene rings is 1. The molecule has 1 nitrogen and oxygen atoms in total. The van der Waals surface area contributed by atoms with Crippen LogP contribution >= 0.6 is 47.8 Å². The Morgan fingerprint density at radius 3 is 2.14 bits per heavy atom. The van der Waals surface area contributed by atoms with Crippen LogP contribution in [-0.4, -0.2) is 4.98 Å². The first-order valence-corrected chi connectivity index (χ1v) is 9.48. The van der Waals surface area contributed by atoms with E-state index < -0.39 is 0 Å². The van der Waals surface area contributed by atoms with Gasteiger partial charge in [-0.05, 0) is 49.2 Å². The van der Waals surface area contributed by atoms with Crippen LogP contribution in [0.5, 0.6) is 0 Å². The lowest BCUT2D eigenvalue weighted by Gasteiger charge is -2.05. The molecule has 0 atom stereocenters. The molecule has 2 aromatic rings. The van der Waals surface area contributed by atoms with E-state index in [1.807, 2.05) is 18.2 Å². The van der Waals surface area contributed by atoms with Gasteiger partial charge in [0.2, 0.25) is 0 Å². The maximum Gasteiger partial charge on any atom is 0.0525 e. The number of halogens is 3. The minimum Gasteiger partial charge on any atom is -0.256 e. The fourth-order valence-electron chi connectivity index (χ4n) is 1.92. The Labute approximate surface area is 150 Å². The minimum absolute atomic E-state index is 0.735. The van der Waals surface area contributed by atoms with Crippen molar-refractivity contribution in [2.45, 2.75) is 24.5 Å². The van der Waals surface area contributed by atoms with Gasteiger partial charge in [-0.3, -0.25) is 4.98 Å². The number of rotatable bonds is 2. The van der Waals surface area contributed by atoms with Crippen molar-refractivity contribution in [2.75, 3.05) is 0 Å². The van der Waals surface area contributed by atoms with E-state index in [0.717, 1.165) is 37.6 Å². The zero-order valence-corrected chi connectivity index (χ0v) is 16.6. The topological polar surface area (TPSA) is 12.9 Å². The predicted octanol–water partition coefficient (Wildman–Crippen LogP) is 5.65. The Balaban J connectivity index is 2.42.